The second-order valence-electron chi connectivity index (χ2n) is 7.41. The Hall–Kier alpha value is -4.41. The number of carboxylic acids is 1. The van der Waals surface area contributed by atoms with Crippen LogP contribution < -0.4 is 26.6 Å². The van der Waals surface area contributed by atoms with Gasteiger partial charge in [-0.1, -0.05) is 42.5 Å². The van der Waals surface area contributed by atoms with Gasteiger partial charge in [-0.05, 0) is 17.7 Å². The van der Waals surface area contributed by atoms with Gasteiger partial charge in [0.2, 0.25) is 17.7 Å². The van der Waals surface area contributed by atoms with Gasteiger partial charge >= 0.3 is 12.0 Å². The average Bonchev–Trinajstić information content (AvgIpc) is 2.77. The summed E-state index contributed by atoms with van der Waals surface area (Å²) in [6, 6.07) is 12.0. The van der Waals surface area contributed by atoms with Crippen LogP contribution in [0, 0.1) is 0 Å². The van der Waals surface area contributed by atoms with Crippen molar-refractivity contribution in [3.63, 3.8) is 0 Å². The molecule has 2 atom stereocenters. The molecule has 172 valence electrons. The predicted molar refractivity (Wildman–Crippen MR) is 118 cm³/mol. The van der Waals surface area contributed by atoms with Gasteiger partial charge in [-0.25, -0.2) is 9.59 Å². The van der Waals surface area contributed by atoms with Gasteiger partial charge in [-0.2, -0.15) is 0 Å². The smallest absolute Gasteiger partial charge is 0.326 e. The van der Waals surface area contributed by atoms with E-state index in [0.29, 0.717) is 16.9 Å². The second kappa shape index (κ2) is 10.3. The minimum absolute atomic E-state index is 0.0446. The molecule has 0 saturated carbocycles. The number of fused-ring (bicyclic) bond motifs is 1. The number of carbonyl (C=O) groups is 5. The first-order chi connectivity index (χ1) is 15.7. The maximum Gasteiger partial charge on any atom is 0.326 e. The summed E-state index contributed by atoms with van der Waals surface area (Å²) in [5, 5.41) is 16.8. The molecule has 0 saturated heterocycles. The quantitative estimate of drug-likeness (QED) is 0.382. The molecule has 2 aromatic carbocycles. The molecule has 0 spiro atoms. The summed E-state index contributed by atoms with van der Waals surface area (Å²) < 4.78 is 0. The zero-order valence-corrected chi connectivity index (χ0v) is 17.5. The van der Waals surface area contributed by atoms with E-state index in [1.165, 1.54) is 4.90 Å². The Morgan fingerprint density at radius 1 is 1.00 bits per heavy atom. The van der Waals surface area contributed by atoms with Gasteiger partial charge in [0.15, 0.2) is 0 Å². The van der Waals surface area contributed by atoms with Gasteiger partial charge in [-0.15, -0.1) is 0 Å². The summed E-state index contributed by atoms with van der Waals surface area (Å²) in [7, 11) is 0. The maximum atomic E-state index is 13.1. The monoisotopic (exact) mass is 453 g/mol. The highest BCUT2D eigenvalue weighted by Crippen LogP contribution is 2.28. The Kier molecular flexibility index (Phi) is 7.24. The Morgan fingerprint density at radius 3 is 2.33 bits per heavy atom. The minimum Gasteiger partial charge on any atom is -0.480 e. The van der Waals surface area contributed by atoms with Crippen LogP contribution in [-0.2, 0) is 25.6 Å². The lowest BCUT2D eigenvalue weighted by atomic mass is 10.0. The predicted octanol–water partition coefficient (Wildman–Crippen LogP) is 0.211. The number of rotatable bonds is 8. The molecule has 3 rings (SSSR count). The van der Waals surface area contributed by atoms with Crippen LogP contribution in [-0.4, -0.2) is 53.5 Å². The molecular formula is C22H23N5O6. The van der Waals surface area contributed by atoms with Crippen molar-refractivity contribution in [1.29, 1.82) is 0 Å². The van der Waals surface area contributed by atoms with Gasteiger partial charge in [0.05, 0.1) is 17.8 Å². The Bertz CT molecular complexity index is 1070. The number of aliphatic carboxylic acids is 1. The average molecular weight is 453 g/mol. The minimum atomic E-state index is -1.55. The lowest BCUT2D eigenvalue weighted by molar-refractivity contribution is -0.143. The number of nitrogens with one attached hydrogen (secondary N) is 3. The van der Waals surface area contributed by atoms with Crippen LogP contribution in [0.4, 0.5) is 16.2 Å². The number of nitrogens with two attached hydrogens (primary N) is 1. The number of carbonyl (C=O) groups excluding carboxylic acids is 4. The zero-order chi connectivity index (χ0) is 24.0. The summed E-state index contributed by atoms with van der Waals surface area (Å²) >= 11 is 0. The number of benzene rings is 2. The molecule has 11 nitrogen and oxygen atoms in total. The Balaban J connectivity index is 1.83. The van der Waals surface area contributed by atoms with Crippen LogP contribution >= 0.6 is 0 Å². The number of nitrogens with zero attached hydrogens (tertiary/aromatic N) is 1. The van der Waals surface area contributed by atoms with E-state index < -0.39 is 48.2 Å². The first-order valence-corrected chi connectivity index (χ1v) is 10.1. The van der Waals surface area contributed by atoms with E-state index in [1.54, 1.807) is 54.6 Å². The normalized spacial score (nSPS) is 14.3. The summed E-state index contributed by atoms with van der Waals surface area (Å²) in [6.07, 6.45) is -0.560. The fraction of sp³-hybridized carbons (Fsp3) is 0.227. The second-order valence-corrected chi connectivity index (χ2v) is 7.41. The van der Waals surface area contributed by atoms with Gasteiger partial charge in [0, 0.05) is 6.42 Å². The Labute approximate surface area is 188 Å². The maximum absolute atomic E-state index is 13.1. The molecule has 0 fully saturated rings. The molecule has 5 amide bonds. The van der Waals surface area contributed by atoms with E-state index in [0.717, 1.165) is 0 Å². The van der Waals surface area contributed by atoms with Crippen LogP contribution in [0.2, 0.25) is 0 Å². The van der Waals surface area contributed by atoms with E-state index in [1.807, 2.05) is 0 Å². The van der Waals surface area contributed by atoms with Gasteiger partial charge in [-0.3, -0.25) is 19.3 Å². The van der Waals surface area contributed by atoms with Gasteiger partial charge in [0.1, 0.15) is 18.6 Å². The summed E-state index contributed by atoms with van der Waals surface area (Å²) in [4.78, 5) is 61.9. The molecular weight excluding hydrogens is 430 g/mol. The highest BCUT2D eigenvalue weighted by molar-refractivity contribution is 6.10. The van der Waals surface area contributed by atoms with Gasteiger partial charge in [0.25, 0.3) is 0 Å². The number of amides is 5. The number of primary amides is 1. The molecule has 0 bridgehead atoms. The Morgan fingerprint density at radius 2 is 1.67 bits per heavy atom. The van der Waals surface area contributed by atoms with Crippen molar-refractivity contribution in [2.24, 2.45) is 5.73 Å². The number of hydrogen-bond acceptors (Lipinski definition) is 5. The molecule has 0 aromatic heterocycles. The molecule has 11 heteroatoms. The van der Waals surface area contributed by atoms with Crippen molar-refractivity contribution in [3.8, 4) is 0 Å². The third-order valence-electron chi connectivity index (χ3n) is 4.93. The summed E-state index contributed by atoms with van der Waals surface area (Å²) in [5.41, 5.74) is 6.67. The number of urea groups is 1. The van der Waals surface area contributed by atoms with Crippen molar-refractivity contribution in [1.82, 2.24) is 10.6 Å². The lowest BCUT2D eigenvalue weighted by Gasteiger charge is -2.31. The third-order valence-corrected chi connectivity index (χ3v) is 4.93. The fourth-order valence-corrected chi connectivity index (χ4v) is 3.37. The molecule has 6 N–H and O–H groups in total. The number of hydrogen-bond donors (Lipinski definition) is 5. The molecule has 2 aromatic rings. The van der Waals surface area contributed by atoms with Crippen molar-refractivity contribution < 1.29 is 29.1 Å². The lowest BCUT2D eigenvalue weighted by Crippen LogP contribution is -2.56. The first kappa shape index (κ1) is 23.3. The first-order valence-electron chi connectivity index (χ1n) is 10.1. The van der Waals surface area contributed by atoms with Gasteiger partial charge < -0.3 is 26.8 Å². The van der Waals surface area contributed by atoms with E-state index in [4.69, 9.17) is 5.73 Å². The van der Waals surface area contributed by atoms with Crippen LogP contribution in [0.5, 0.6) is 0 Å². The highest BCUT2D eigenvalue weighted by atomic mass is 16.4. The van der Waals surface area contributed by atoms with E-state index in [-0.39, 0.29) is 13.0 Å². The highest BCUT2D eigenvalue weighted by Gasteiger charge is 2.32. The molecule has 33 heavy (non-hydrogen) atoms. The molecule has 1 aliphatic rings. The van der Waals surface area contributed by atoms with E-state index in [9.17, 15) is 29.1 Å². The summed E-state index contributed by atoms with van der Waals surface area (Å²) in [6.45, 7) is -0.262. The number of para-hydroxylation sites is 2. The van der Waals surface area contributed by atoms with Crippen LogP contribution in [0.3, 0.4) is 0 Å². The van der Waals surface area contributed by atoms with Crippen LogP contribution in [0.25, 0.3) is 0 Å². The molecule has 1 aliphatic heterocycles. The van der Waals surface area contributed by atoms with Crippen LogP contribution in [0.15, 0.2) is 54.6 Å². The zero-order valence-electron chi connectivity index (χ0n) is 17.5. The number of carboxylic acid groups (broad SMARTS) is 1. The molecule has 0 aliphatic carbocycles. The number of anilines is 2. The van der Waals surface area contributed by atoms with Crippen LogP contribution in [0.1, 0.15) is 12.0 Å². The van der Waals surface area contributed by atoms with E-state index >= 15 is 0 Å². The molecule has 1 heterocycles. The van der Waals surface area contributed by atoms with Crippen molar-refractivity contribution in [2.75, 3.05) is 16.8 Å². The molecule has 0 radical (unpaired) electrons. The summed E-state index contributed by atoms with van der Waals surface area (Å²) in [5.74, 6) is -3.55. The molecule has 0 unspecified atom stereocenters. The third kappa shape index (κ3) is 6.06. The van der Waals surface area contributed by atoms with E-state index in [2.05, 4.69) is 16.0 Å². The standard InChI is InChI=1S/C22H23N5O6/c23-18(28)11-16(21(31)32)25-20(30)15(10-13-6-2-1-3-7-13)26-22(33)27-12-19(29)24-14-8-4-5-9-17(14)27/h1-9,15-16H,10-12H2,(H2,23,28)(H,24,29)(H,25,30)(H,26,33)(H,31,32)/t15-,16-/m0/s1. The SMILES string of the molecule is NC(=O)C[C@H](NC(=O)[C@H](Cc1ccccc1)NC(=O)N1CC(=O)Nc2ccccc21)C(=O)O. The van der Waals surface area contributed by atoms with Crippen molar-refractivity contribution in [2.45, 2.75) is 24.9 Å². The van der Waals surface area contributed by atoms with Crippen molar-refractivity contribution >= 4 is 41.1 Å². The van der Waals surface area contributed by atoms with Crippen molar-refractivity contribution in [3.05, 3.63) is 60.2 Å². The topological polar surface area (TPSA) is 171 Å². The largest absolute Gasteiger partial charge is 0.480 e. The fourth-order valence-electron chi connectivity index (χ4n) is 3.37.